The Hall–Kier alpha value is -2.89. The van der Waals surface area contributed by atoms with Gasteiger partial charge in [0.15, 0.2) is 11.6 Å². The maximum atomic E-state index is 14.4. The van der Waals surface area contributed by atoms with Crippen LogP contribution in [0.1, 0.15) is 35.7 Å². The zero-order valence-corrected chi connectivity index (χ0v) is 14.2. The van der Waals surface area contributed by atoms with Crippen molar-refractivity contribution in [3.05, 3.63) is 65.6 Å². The third-order valence-corrected chi connectivity index (χ3v) is 3.52. The molecule has 6 heteroatoms. The first-order chi connectivity index (χ1) is 12.1. The summed E-state index contributed by atoms with van der Waals surface area (Å²) in [6.45, 7) is 2.42. The lowest BCUT2D eigenvalue weighted by Gasteiger charge is -2.10. The SMILES string of the molecule is CCC/C=C/COc1cccc(CNC(=O)c2cccnc2N)c1F. The summed E-state index contributed by atoms with van der Waals surface area (Å²) in [6, 6.07) is 8.03. The fraction of sp³-hybridized carbons (Fsp3) is 0.263. The predicted octanol–water partition coefficient (Wildman–Crippen LogP) is 3.47. The number of amides is 1. The third-order valence-electron chi connectivity index (χ3n) is 3.52. The molecule has 0 atom stereocenters. The normalized spacial score (nSPS) is 10.8. The third kappa shape index (κ3) is 5.31. The van der Waals surface area contributed by atoms with Gasteiger partial charge in [0.25, 0.3) is 5.91 Å². The summed E-state index contributed by atoms with van der Waals surface area (Å²) in [5.74, 6) is -0.588. The van der Waals surface area contributed by atoms with Crippen LogP contribution in [0.4, 0.5) is 10.2 Å². The van der Waals surface area contributed by atoms with E-state index in [1.807, 2.05) is 12.2 Å². The molecule has 1 amide bonds. The Morgan fingerprint density at radius 1 is 1.32 bits per heavy atom. The monoisotopic (exact) mass is 343 g/mol. The molecule has 0 aliphatic heterocycles. The van der Waals surface area contributed by atoms with E-state index in [0.717, 1.165) is 12.8 Å². The van der Waals surface area contributed by atoms with E-state index < -0.39 is 11.7 Å². The Bertz CT molecular complexity index is 747. The summed E-state index contributed by atoms with van der Waals surface area (Å²) in [6.07, 6.45) is 7.39. The highest BCUT2D eigenvalue weighted by atomic mass is 19.1. The molecule has 0 fully saturated rings. The molecule has 0 spiro atoms. The Kier molecular flexibility index (Phi) is 6.95. The van der Waals surface area contributed by atoms with E-state index in [9.17, 15) is 9.18 Å². The second kappa shape index (κ2) is 9.42. The molecule has 5 nitrogen and oxygen atoms in total. The molecule has 25 heavy (non-hydrogen) atoms. The molecule has 0 aliphatic rings. The number of nitrogen functional groups attached to an aromatic ring is 1. The van der Waals surface area contributed by atoms with Crippen molar-refractivity contribution in [1.29, 1.82) is 0 Å². The van der Waals surface area contributed by atoms with Crippen LogP contribution in [0, 0.1) is 5.82 Å². The number of unbranched alkanes of at least 4 members (excludes halogenated alkanes) is 1. The fourth-order valence-corrected chi connectivity index (χ4v) is 2.17. The molecule has 2 aromatic rings. The minimum atomic E-state index is -0.481. The molecule has 0 unspecified atom stereocenters. The molecule has 0 saturated heterocycles. The highest BCUT2D eigenvalue weighted by Crippen LogP contribution is 2.20. The van der Waals surface area contributed by atoms with Crippen molar-refractivity contribution >= 4 is 11.7 Å². The van der Waals surface area contributed by atoms with E-state index in [1.54, 1.807) is 30.3 Å². The number of allylic oxidation sites excluding steroid dienone is 1. The number of pyridine rings is 1. The van der Waals surface area contributed by atoms with Crippen molar-refractivity contribution in [1.82, 2.24) is 10.3 Å². The summed E-state index contributed by atoms with van der Waals surface area (Å²) in [7, 11) is 0. The van der Waals surface area contributed by atoms with Crippen LogP contribution in [0.2, 0.25) is 0 Å². The number of carbonyl (C=O) groups excluding carboxylic acids is 1. The number of benzene rings is 1. The first-order valence-corrected chi connectivity index (χ1v) is 8.17. The molecule has 0 bridgehead atoms. The van der Waals surface area contributed by atoms with Crippen LogP contribution in [-0.4, -0.2) is 17.5 Å². The van der Waals surface area contributed by atoms with Gasteiger partial charge in [-0.15, -0.1) is 0 Å². The van der Waals surface area contributed by atoms with Gasteiger partial charge in [0, 0.05) is 18.3 Å². The molecule has 1 aromatic heterocycles. The van der Waals surface area contributed by atoms with Gasteiger partial charge < -0.3 is 15.8 Å². The van der Waals surface area contributed by atoms with Gasteiger partial charge in [0.05, 0.1) is 5.56 Å². The highest BCUT2D eigenvalue weighted by Gasteiger charge is 2.13. The van der Waals surface area contributed by atoms with Gasteiger partial charge in [-0.3, -0.25) is 4.79 Å². The smallest absolute Gasteiger partial charge is 0.255 e. The molecule has 1 heterocycles. The number of nitrogens with one attached hydrogen (secondary N) is 1. The number of nitrogens with zero attached hydrogens (tertiary/aromatic N) is 1. The number of carbonyl (C=O) groups is 1. The van der Waals surface area contributed by atoms with Crippen molar-refractivity contribution < 1.29 is 13.9 Å². The lowest BCUT2D eigenvalue weighted by molar-refractivity contribution is 0.0951. The average Bonchev–Trinajstić information content (AvgIpc) is 2.62. The quantitative estimate of drug-likeness (QED) is 0.720. The van der Waals surface area contributed by atoms with Crippen molar-refractivity contribution in [2.75, 3.05) is 12.3 Å². The standard InChI is InChI=1S/C19H22FN3O2/c1-2-3-4-5-12-25-16-10-6-8-14(17(16)20)13-23-19(24)15-9-7-11-22-18(15)21/h4-11H,2-3,12-13H2,1H3,(H2,21,22)(H,23,24)/b5-4+. The zero-order chi connectivity index (χ0) is 18.1. The molecule has 0 saturated carbocycles. The van der Waals surface area contributed by atoms with Gasteiger partial charge in [0.1, 0.15) is 12.4 Å². The number of nitrogens with two attached hydrogens (primary N) is 1. The van der Waals surface area contributed by atoms with Crippen LogP contribution in [0.25, 0.3) is 0 Å². The van der Waals surface area contributed by atoms with Gasteiger partial charge >= 0.3 is 0 Å². The predicted molar refractivity (Wildman–Crippen MR) is 95.8 cm³/mol. The molecular formula is C19H22FN3O2. The Morgan fingerprint density at radius 3 is 2.92 bits per heavy atom. The molecule has 1 aromatic carbocycles. The summed E-state index contributed by atoms with van der Waals surface area (Å²) in [5.41, 5.74) is 6.26. The summed E-state index contributed by atoms with van der Waals surface area (Å²) >= 11 is 0. The van der Waals surface area contributed by atoms with Gasteiger partial charge in [-0.05, 0) is 24.6 Å². The van der Waals surface area contributed by atoms with Crippen molar-refractivity contribution in [2.45, 2.75) is 26.3 Å². The first kappa shape index (κ1) is 18.4. The zero-order valence-electron chi connectivity index (χ0n) is 14.2. The van der Waals surface area contributed by atoms with Crippen LogP contribution in [0.5, 0.6) is 5.75 Å². The first-order valence-electron chi connectivity index (χ1n) is 8.17. The number of hydrogen-bond donors (Lipinski definition) is 2. The number of ether oxygens (including phenoxy) is 1. The maximum absolute atomic E-state index is 14.4. The van der Waals surface area contributed by atoms with Crippen LogP contribution < -0.4 is 15.8 Å². The maximum Gasteiger partial charge on any atom is 0.255 e. The molecule has 2 rings (SSSR count). The Labute approximate surface area is 146 Å². The Balaban J connectivity index is 1.97. The molecular weight excluding hydrogens is 321 g/mol. The average molecular weight is 343 g/mol. The van der Waals surface area contributed by atoms with E-state index >= 15 is 0 Å². The number of anilines is 1. The highest BCUT2D eigenvalue weighted by molar-refractivity contribution is 5.98. The lowest BCUT2D eigenvalue weighted by atomic mass is 10.2. The minimum Gasteiger partial charge on any atom is -0.486 e. The van der Waals surface area contributed by atoms with Crippen LogP contribution >= 0.6 is 0 Å². The summed E-state index contributed by atoms with van der Waals surface area (Å²) < 4.78 is 19.9. The number of aromatic nitrogens is 1. The molecule has 0 radical (unpaired) electrons. The number of halogens is 1. The fourth-order valence-electron chi connectivity index (χ4n) is 2.17. The number of hydrogen-bond acceptors (Lipinski definition) is 4. The van der Waals surface area contributed by atoms with Crippen molar-refractivity contribution in [3.8, 4) is 5.75 Å². The van der Waals surface area contributed by atoms with Gasteiger partial charge in [-0.1, -0.05) is 37.6 Å². The van der Waals surface area contributed by atoms with Crippen LogP contribution in [0.3, 0.4) is 0 Å². The summed E-state index contributed by atoms with van der Waals surface area (Å²) in [4.78, 5) is 16.0. The van der Waals surface area contributed by atoms with E-state index in [-0.39, 0.29) is 23.7 Å². The van der Waals surface area contributed by atoms with E-state index in [1.165, 1.54) is 6.20 Å². The number of rotatable bonds is 8. The second-order valence-corrected chi connectivity index (χ2v) is 5.42. The summed E-state index contributed by atoms with van der Waals surface area (Å²) in [5, 5.41) is 2.64. The molecule has 3 N–H and O–H groups in total. The van der Waals surface area contributed by atoms with E-state index in [0.29, 0.717) is 12.2 Å². The molecule has 0 aliphatic carbocycles. The molecule has 132 valence electrons. The minimum absolute atomic E-state index is 0.0296. The largest absolute Gasteiger partial charge is 0.486 e. The second-order valence-electron chi connectivity index (χ2n) is 5.42. The van der Waals surface area contributed by atoms with Crippen molar-refractivity contribution in [2.24, 2.45) is 0 Å². The van der Waals surface area contributed by atoms with Gasteiger partial charge in [-0.25, -0.2) is 9.37 Å². The topological polar surface area (TPSA) is 77.2 Å². The van der Waals surface area contributed by atoms with Gasteiger partial charge in [-0.2, -0.15) is 0 Å². The van der Waals surface area contributed by atoms with Crippen LogP contribution in [0.15, 0.2) is 48.7 Å². The van der Waals surface area contributed by atoms with E-state index in [4.69, 9.17) is 10.5 Å². The van der Waals surface area contributed by atoms with Gasteiger partial charge in [0.2, 0.25) is 0 Å². The van der Waals surface area contributed by atoms with Crippen molar-refractivity contribution in [3.63, 3.8) is 0 Å². The Morgan fingerprint density at radius 2 is 2.16 bits per heavy atom. The lowest BCUT2D eigenvalue weighted by Crippen LogP contribution is -2.24. The van der Waals surface area contributed by atoms with E-state index in [2.05, 4.69) is 17.2 Å². The van der Waals surface area contributed by atoms with Crippen LogP contribution in [-0.2, 0) is 6.54 Å².